The molecule has 0 radical (unpaired) electrons. The molecule has 0 amide bonds. The van der Waals surface area contributed by atoms with Crippen molar-refractivity contribution in [1.82, 2.24) is 19.6 Å². The van der Waals surface area contributed by atoms with Crippen LogP contribution in [-0.2, 0) is 0 Å². The van der Waals surface area contributed by atoms with Crippen LogP contribution in [0, 0.1) is 6.92 Å². The summed E-state index contributed by atoms with van der Waals surface area (Å²) in [6, 6.07) is 7.18. The first-order valence-corrected chi connectivity index (χ1v) is 6.61. The minimum atomic E-state index is 0.489. The topological polar surface area (TPSA) is 52.3 Å². The summed E-state index contributed by atoms with van der Waals surface area (Å²) >= 11 is 9.48. The van der Waals surface area contributed by atoms with Gasteiger partial charge in [-0.25, -0.2) is 4.98 Å². The summed E-state index contributed by atoms with van der Waals surface area (Å²) in [5, 5.41) is 4.58. The number of hydrogen-bond donors (Lipinski definition) is 0. The van der Waals surface area contributed by atoms with E-state index in [0.29, 0.717) is 22.4 Å². The van der Waals surface area contributed by atoms with Gasteiger partial charge in [0.05, 0.1) is 5.02 Å². The van der Waals surface area contributed by atoms with E-state index in [1.54, 1.807) is 18.2 Å². The maximum absolute atomic E-state index is 6.13. The molecule has 1 aromatic carbocycles. The first-order chi connectivity index (χ1) is 9.13. The quantitative estimate of drug-likeness (QED) is 0.715. The lowest BCUT2D eigenvalue weighted by Crippen LogP contribution is -1.99. The minimum Gasteiger partial charge on any atom is -0.437 e. The van der Waals surface area contributed by atoms with Crippen LogP contribution in [0.2, 0.25) is 5.02 Å². The molecule has 3 aromatic rings. The molecule has 2 aromatic heterocycles. The highest BCUT2D eigenvalue weighted by Crippen LogP contribution is 2.31. The molecule has 19 heavy (non-hydrogen) atoms. The molecule has 7 heteroatoms. The van der Waals surface area contributed by atoms with Gasteiger partial charge in [0.25, 0.3) is 5.78 Å². The summed E-state index contributed by atoms with van der Waals surface area (Å²) in [5.41, 5.74) is 0.795. The molecular weight excluding hydrogens is 332 g/mol. The zero-order chi connectivity index (χ0) is 13.4. The fourth-order valence-electron chi connectivity index (χ4n) is 1.64. The van der Waals surface area contributed by atoms with Gasteiger partial charge in [-0.15, -0.1) is 0 Å². The highest BCUT2D eigenvalue weighted by molar-refractivity contribution is 9.10. The number of aryl methyl sites for hydroxylation is 1. The van der Waals surface area contributed by atoms with Gasteiger partial charge in [-0.3, -0.25) is 0 Å². The van der Waals surface area contributed by atoms with Gasteiger partial charge in [-0.05, 0) is 25.1 Å². The van der Waals surface area contributed by atoms with Crippen LogP contribution in [-0.4, -0.2) is 19.6 Å². The van der Waals surface area contributed by atoms with E-state index in [4.69, 9.17) is 16.3 Å². The summed E-state index contributed by atoms with van der Waals surface area (Å²) in [5.74, 6) is 1.56. The predicted molar refractivity (Wildman–Crippen MR) is 74.7 cm³/mol. The van der Waals surface area contributed by atoms with Gasteiger partial charge in [0.1, 0.15) is 12.1 Å². The van der Waals surface area contributed by atoms with Crippen LogP contribution in [0.4, 0.5) is 0 Å². The number of halogens is 2. The summed E-state index contributed by atoms with van der Waals surface area (Å²) in [6.45, 7) is 1.87. The zero-order valence-electron chi connectivity index (χ0n) is 9.84. The van der Waals surface area contributed by atoms with Crippen LogP contribution in [0.15, 0.2) is 35.1 Å². The lowest BCUT2D eigenvalue weighted by molar-refractivity contribution is 0.445. The molecule has 0 saturated heterocycles. The van der Waals surface area contributed by atoms with Crippen LogP contribution in [0.1, 0.15) is 5.69 Å². The third-order valence-electron chi connectivity index (χ3n) is 2.46. The van der Waals surface area contributed by atoms with Gasteiger partial charge >= 0.3 is 0 Å². The molecule has 2 heterocycles. The van der Waals surface area contributed by atoms with Crippen LogP contribution < -0.4 is 4.74 Å². The third-order valence-corrected chi connectivity index (χ3v) is 3.24. The first-order valence-electron chi connectivity index (χ1n) is 5.44. The van der Waals surface area contributed by atoms with Gasteiger partial charge in [-0.1, -0.05) is 27.5 Å². The maximum atomic E-state index is 6.13. The van der Waals surface area contributed by atoms with E-state index in [1.807, 2.05) is 13.0 Å². The van der Waals surface area contributed by atoms with Crippen LogP contribution in [0.25, 0.3) is 5.78 Å². The van der Waals surface area contributed by atoms with E-state index in [2.05, 4.69) is 31.0 Å². The second kappa shape index (κ2) is 4.79. The molecule has 0 aliphatic heterocycles. The van der Waals surface area contributed by atoms with E-state index in [-0.39, 0.29) is 0 Å². The number of aromatic nitrogens is 4. The average Bonchev–Trinajstić information content (AvgIpc) is 2.80. The highest BCUT2D eigenvalue weighted by Gasteiger charge is 2.10. The Kier molecular flexibility index (Phi) is 3.12. The highest BCUT2D eigenvalue weighted by atomic mass is 79.9. The zero-order valence-corrected chi connectivity index (χ0v) is 12.2. The SMILES string of the molecule is Cc1cc(Oc2ccc(Br)cc2Cl)n2ncnc2n1. The van der Waals surface area contributed by atoms with Gasteiger partial charge in [0.2, 0.25) is 5.88 Å². The van der Waals surface area contributed by atoms with E-state index in [9.17, 15) is 0 Å². The van der Waals surface area contributed by atoms with Crippen molar-refractivity contribution in [2.45, 2.75) is 6.92 Å². The third kappa shape index (κ3) is 2.41. The van der Waals surface area contributed by atoms with Crippen LogP contribution >= 0.6 is 27.5 Å². The molecule has 0 atom stereocenters. The second-order valence-corrected chi connectivity index (χ2v) is 5.21. The molecule has 0 saturated carbocycles. The number of fused-ring (bicyclic) bond motifs is 1. The number of hydrogen-bond acceptors (Lipinski definition) is 4. The van der Waals surface area contributed by atoms with E-state index < -0.39 is 0 Å². The Morgan fingerprint density at radius 1 is 1.32 bits per heavy atom. The van der Waals surface area contributed by atoms with Crippen LogP contribution in [0.5, 0.6) is 11.6 Å². The standard InChI is InChI=1S/C12H8BrClN4O/c1-7-4-11(18-12(17-7)15-6-16-18)19-10-3-2-8(13)5-9(10)14/h2-6H,1H3. The van der Waals surface area contributed by atoms with E-state index in [1.165, 1.54) is 10.8 Å². The molecule has 0 spiro atoms. The average molecular weight is 340 g/mol. The number of nitrogens with zero attached hydrogens (tertiary/aromatic N) is 4. The Balaban J connectivity index is 2.07. The Morgan fingerprint density at radius 3 is 2.95 bits per heavy atom. The summed E-state index contributed by atoms with van der Waals surface area (Å²) < 4.78 is 8.19. The molecule has 3 rings (SSSR count). The molecule has 0 N–H and O–H groups in total. The number of benzene rings is 1. The number of rotatable bonds is 2. The van der Waals surface area contributed by atoms with Gasteiger partial charge in [-0.2, -0.15) is 14.6 Å². The van der Waals surface area contributed by atoms with Crippen molar-refractivity contribution in [2.75, 3.05) is 0 Å². The maximum Gasteiger partial charge on any atom is 0.255 e. The van der Waals surface area contributed by atoms with E-state index >= 15 is 0 Å². The first kappa shape index (κ1) is 12.4. The lowest BCUT2D eigenvalue weighted by Gasteiger charge is -2.09. The second-order valence-electron chi connectivity index (χ2n) is 3.88. The molecule has 0 aliphatic carbocycles. The minimum absolute atomic E-state index is 0.489. The summed E-state index contributed by atoms with van der Waals surface area (Å²) in [6.07, 6.45) is 1.43. The van der Waals surface area contributed by atoms with Crippen molar-refractivity contribution < 1.29 is 4.74 Å². The number of ether oxygens (including phenoxy) is 1. The Labute approximate surface area is 122 Å². The monoisotopic (exact) mass is 338 g/mol. The van der Waals surface area contributed by atoms with Crippen molar-refractivity contribution in [3.05, 3.63) is 45.8 Å². The molecule has 0 unspecified atom stereocenters. The van der Waals surface area contributed by atoms with Crippen molar-refractivity contribution in [2.24, 2.45) is 0 Å². The molecule has 0 bridgehead atoms. The fourth-order valence-corrected chi connectivity index (χ4v) is 2.35. The van der Waals surface area contributed by atoms with Crippen molar-refractivity contribution in [1.29, 1.82) is 0 Å². The molecule has 0 fully saturated rings. The Hall–Kier alpha value is -1.66. The van der Waals surface area contributed by atoms with Crippen LogP contribution in [0.3, 0.4) is 0 Å². The largest absolute Gasteiger partial charge is 0.437 e. The molecule has 0 aliphatic rings. The normalized spacial score (nSPS) is 10.9. The smallest absolute Gasteiger partial charge is 0.255 e. The lowest BCUT2D eigenvalue weighted by atomic mass is 10.3. The molecule has 96 valence electrons. The predicted octanol–water partition coefficient (Wildman–Crippen LogP) is 3.64. The van der Waals surface area contributed by atoms with Crippen molar-refractivity contribution >= 4 is 33.3 Å². The van der Waals surface area contributed by atoms with E-state index in [0.717, 1.165) is 10.2 Å². The summed E-state index contributed by atoms with van der Waals surface area (Å²) in [7, 11) is 0. The van der Waals surface area contributed by atoms with Gasteiger partial charge in [0, 0.05) is 16.2 Å². The Bertz CT molecular complexity index is 759. The fraction of sp³-hybridized carbons (Fsp3) is 0.0833. The van der Waals surface area contributed by atoms with Gasteiger partial charge < -0.3 is 4.74 Å². The molecule has 5 nitrogen and oxygen atoms in total. The molecular formula is C12H8BrClN4O. The summed E-state index contributed by atoms with van der Waals surface area (Å²) in [4.78, 5) is 8.28. The van der Waals surface area contributed by atoms with Crippen molar-refractivity contribution in [3.63, 3.8) is 0 Å². The van der Waals surface area contributed by atoms with Gasteiger partial charge in [0.15, 0.2) is 0 Å². The Morgan fingerprint density at radius 2 is 2.16 bits per heavy atom. The van der Waals surface area contributed by atoms with Crippen molar-refractivity contribution in [3.8, 4) is 11.6 Å².